The van der Waals surface area contributed by atoms with E-state index in [9.17, 15) is 5.11 Å². The number of hydrogen-bond acceptors (Lipinski definition) is 3. The number of aromatic hydroxyl groups is 1. The van der Waals surface area contributed by atoms with E-state index in [0.29, 0.717) is 5.56 Å². The molecule has 1 aromatic rings. The van der Waals surface area contributed by atoms with Crippen LogP contribution in [0.2, 0.25) is 0 Å². The van der Waals surface area contributed by atoms with E-state index in [0.717, 1.165) is 5.57 Å². The molecule has 3 nitrogen and oxygen atoms in total. The van der Waals surface area contributed by atoms with E-state index >= 15 is 0 Å². The molecule has 0 amide bonds. The number of allylic oxidation sites excluding steroid dienone is 1. The number of pyridine rings is 1. The average molecular weight is 150 g/mol. The van der Waals surface area contributed by atoms with Crippen molar-refractivity contribution in [2.75, 3.05) is 5.73 Å². The van der Waals surface area contributed by atoms with Gasteiger partial charge in [-0.3, -0.25) is 0 Å². The minimum atomic E-state index is 0.0139. The Labute approximate surface area is 65.2 Å². The van der Waals surface area contributed by atoms with Crippen LogP contribution in [-0.2, 0) is 0 Å². The fraction of sp³-hybridized carbons (Fsp3) is 0.125. The molecule has 0 saturated carbocycles. The Morgan fingerprint density at radius 2 is 2.36 bits per heavy atom. The quantitative estimate of drug-likeness (QED) is 0.636. The molecule has 1 aromatic heterocycles. The molecule has 0 atom stereocenters. The molecule has 0 aliphatic heterocycles. The van der Waals surface area contributed by atoms with Crippen LogP contribution >= 0.6 is 0 Å². The molecule has 1 rings (SSSR count). The van der Waals surface area contributed by atoms with Gasteiger partial charge in [0.15, 0.2) is 11.6 Å². The summed E-state index contributed by atoms with van der Waals surface area (Å²) < 4.78 is 0. The van der Waals surface area contributed by atoms with Crippen LogP contribution in [0.4, 0.5) is 5.82 Å². The van der Waals surface area contributed by atoms with E-state index in [1.165, 1.54) is 0 Å². The topological polar surface area (TPSA) is 59.1 Å². The van der Waals surface area contributed by atoms with Crippen molar-refractivity contribution >= 4 is 11.4 Å². The van der Waals surface area contributed by atoms with Crippen molar-refractivity contribution in [1.82, 2.24) is 4.98 Å². The van der Waals surface area contributed by atoms with Crippen LogP contribution in [0.15, 0.2) is 18.8 Å². The first-order chi connectivity index (χ1) is 5.13. The maximum absolute atomic E-state index is 9.32. The van der Waals surface area contributed by atoms with Crippen LogP contribution < -0.4 is 5.73 Å². The van der Waals surface area contributed by atoms with Crippen molar-refractivity contribution in [1.29, 1.82) is 0 Å². The second-order valence-electron chi connectivity index (χ2n) is 2.37. The third-order valence-corrected chi connectivity index (χ3v) is 1.41. The first kappa shape index (κ1) is 7.60. The normalized spacial score (nSPS) is 9.55. The summed E-state index contributed by atoms with van der Waals surface area (Å²) in [5, 5.41) is 9.32. The predicted molar refractivity (Wildman–Crippen MR) is 45.0 cm³/mol. The molecule has 0 aliphatic carbocycles. The van der Waals surface area contributed by atoms with E-state index in [1.54, 1.807) is 19.2 Å². The highest BCUT2D eigenvalue weighted by atomic mass is 16.3. The van der Waals surface area contributed by atoms with Gasteiger partial charge in [0.05, 0.1) is 0 Å². The number of anilines is 1. The molecule has 11 heavy (non-hydrogen) atoms. The molecular weight excluding hydrogens is 140 g/mol. The fourth-order valence-corrected chi connectivity index (χ4v) is 0.815. The van der Waals surface area contributed by atoms with Gasteiger partial charge in [0.2, 0.25) is 0 Å². The number of hydrogen-bond donors (Lipinski definition) is 2. The molecule has 0 fully saturated rings. The Balaban J connectivity index is 3.27. The Morgan fingerprint density at radius 3 is 2.82 bits per heavy atom. The highest BCUT2D eigenvalue weighted by molar-refractivity contribution is 5.70. The molecular formula is C8H10N2O. The molecule has 0 aliphatic rings. The monoisotopic (exact) mass is 150 g/mol. The Kier molecular flexibility index (Phi) is 1.81. The molecule has 0 bridgehead atoms. The zero-order valence-electron chi connectivity index (χ0n) is 6.33. The lowest BCUT2D eigenvalue weighted by Gasteiger charge is -2.03. The molecule has 58 valence electrons. The molecule has 0 radical (unpaired) electrons. The lowest BCUT2D eigenvalue weighted by atomic mass is 10.1. The van der Waals surface area contributed by atoms with E-state index < -0.39 is 0 Å². The van der Waals surface area contributed by atoms with Crippen molar-refractivity contribution in [3.8, 4) is 5.75 Å². The van der Waals surface area contributed by atoms with E-state index in [1.807, 2.05) is 0 Å². The van der Waals surface area contributed by atoms with Gasteiger partial charge in [0, 0.05) is 11.8 Å². The number of nitrogen functional groups attached to an aromatic ring is 1. The molecule has 0 aromatic carbocycles. The zero-order chi connectivity index (χ0) is 8.43. The van der Waals surface area contributed by atoms with Crippen molar-refractivity contribution < 1.29 is 5.11 Å². The van der Waals surface area contributed by atoms with Crippen LogP contribution in [0.25, 0.3) is 5.57 Å². The minimum absolute atomic E-state index is 0.0139. The summed E-state index contributed by atoms with van der Waals surface area (Å²) in [6, 6.07) is 1.67. The Hall–Kier alpha value is -1.51. The van der Waals surface area contributed by atoms with Crippen LogP contribution in [0.3, 0.4) is 0 Å². The molecule has 0 spiro atoms. The van der Waals surface area contributed by atoms with Crippen molar-refractivity contribution in [2.45, 2.75) is 6.92 Å². The summed E-state index contributed by atoms with van der Waals surface area (Å²) in [4.78, 5) is 3.71. The van der Waals surface area contributed by atoms with E-state index in [2.05, 4.69) is 11.6 Å². The SMILES string of the molecule is C=C(C)c1ccnc(N)c1O. The summed E-state index contributed by atoms with van der Waals surface area (Å²) in [5.74, 6) is 0.158. The van der Waals surface area contributed by atoms with Gasteiger partial charge >= 0.3 is 0 Å². The lowest BCUT2D eigenvalue weighted by molar-refractivity contribution is 0.474. The number of nitrogens with zero attached hydrogens (tertiary/aromatic N) is 1. The van der Waals surface area contributed by atoms with Crippen LogP contribution in [-0.4, -0.2) is 10.1 Å². The standard InChI is InChI=1S/C8H10N2O/c1-5(2)6-3-4-10-8(9)7(6)11/h3-4,11H,1H2,2H3,(H2,9,10). The zero-order valence-corrected chi connectivity index (χ0v) is 6.33. The van der Waals surface area contributed by atoms with Gasteiger partial charge in [-0.2, -0.15) is 0 Å². The maximum atomic E-state index is 9.32. The summed E-state index contributed by atoms with van der Waals surface area (Å²) in [7, 11) is 0. The first-order valence-electron chi connectivity index (χ1n) is 3.22. The van der Waals surface area contributed by atoms with Gasteiger partial charge in [-0.15, -0.1) is 0 Å². The van der Waals surface area contributed by atoms with Gasteiger partial charge in [-0.1, -0.05) is 6.58 Å². The smallest absolute Gasteiger partial charge is 0.166 e. The lowest BCUT2D eigenvalue weighted by Crippen LogP contribution is -1.92. The third kappa shape index (κ3) is 1.32. The molecule has 0 unspecified atom stereocenters. The van der Waals surface area contributed by atoms with Gasteiger partial charge < -0.3 is 10.8 Å². The summed E-state index contributed by atoms with van der Waals surface area (Å²) in [6.07, 6.45) is 1.54. The van der Waals surface area contributed by atoms with E-state index in [4.69, 9.17) is 5.73 Å². The molecule has 1 heterocycles. The van der Waals surface area contributed by atoms with Gasteiger partial charge in [-0.25, -0.2) is 4.98 Å². The summed E-state index contributed by atoms with van der Waals surface area (Å²) >= 11 is 0. The second kappa shape index (κ2) is 2.62. The van der Waals surface area contributed by atoms with Crippen LogP contribution in [0.1, 0.15) is 12.5 Å². The van der Waals surface area contributed by atoms with Gasteiger partial charge in [0.1, 0.15) is 0 Å². The number of aromatic nitrogens is 1. The van der Waals surface area contributed by atoms with Crippen molar-refractivity contribution in [2.24, 2.45) is 0 Å². The van der Waals surface area contributed by atoms with Gasteiger partial charge in [0.25, 0.3) is 0 Å². The average Bonchev–Trinajstić information content (AvgIpc) is 1.94. The Bertz CT molecular complexity index is 294. The molecule has 3 heteroatoms. The largest absolute Gasteiger partial charge is 0.504 e. The third-order valence-electron chi connectivity index (χ3n) is 1.41. The fourth-order valence-electron chi connectivity index (χ4n) is 0.815. The first-order valence-corrected chi connectivity index (χ1v) is 3.22. The predicted octanol–water partition coefficient (Wildman–Crippen LogP) is 1.40. The van der Waals surface area contributed by atoms with E-state index in [-0.39, 0.29) is 11.6 Å². The second-order valence-corrected chi connectivity index (χ2v) is 2.37. The van der Waals surface area contributed by atoms with Crippen molar-refractivity contribution in [3.63, 3.8) is 0 Å². The maximum Gasteiger partial charge on any atom is 0.166 e. The highest BCUT2D eigenvalue weighted by Crippen LogP contribution is 2.26. The van der Waals surface area contributed by atoms with Crippen molar-refractivity contribution in [3.05, 3.63) is 24.4 Å². The number of nitrogens with two attached hydrogens (primary N) is 1. The Morgan fingerprint density at radius 1 is 1.73 bits per heavy atom. The van der Waals surface area contributed by atoms with Crippen LogP contribution in [0.5, 0.6) is 5.75 Å². The number of rotatable bonds is 1. The molecule has 3 N–H and O–H groups in total. The highest BCUT2D eigenvalue weighted by Gasteiger charge is 2.04. The molecule has 0 saturated heterocycles. The van der Waals surface area contributed by atoms with Crippen LogP contribution in [0, 0.1) is 0 Å². The summed E-state index contributed by atoms with van der Waals surface area (Å²) in [5.41, 5.74) is 6.78. The van der Waals surface area contributed by atoms with Gasteiger partial charge in [-0.05, 0) is 18.6 Å². The minimum Gasteiger partial charge on any atom is -0.504 e. The summed E-state index contributed by atoms with van der Waals surface area (Å²) in [6.45, 7) is 5.48.